The number of rotatable bonds is 37. The van der Waals surface area contributed by atoms with Crippen LogP contribution in [0.25, 0.3) is 22.7 Å². The van der Waals surface area contributed by atoms with Gasteiger partial charge in [0.2, 0.25) is 0 Å². The Morgan fingerprint density at radius 2 is 0.704 bits per heavy atom. The highest BCUT2D eigenvalue weighted by Gasteiger charge is 2.31. The molecule has 5 aliphatic carbocycles. The van der Waals surface area contributed by atoms with Crippen molar-refractivity contribution in [3.8, 4) is 28.5 Å². The molecule has 0 aliphatic heterocycles. The van der Waals surface area contributed by atoms with Gasteiger partial charge in [0.05, 0.1) is 77.0 Å². The minimum Gasteiger partial charge on any atom is -0.497 e. The lowest BCUT2D eigenvalue weighted by atomic mass is 9.86. The second-order valence-electron chi connectivity index (χ2n) is 38.0. The summed E-state index contributed by atoms with van der Waals surface area (Å²) in [4.78, 5) is 53.4. The number of allylic oxidation sites excluding steroid dienone is 4. The van der Waals surface area contributed by atoms with Gasteiger partial charge in [-0.3, -0.25) is 23.9 Å². The van der Waals surface area contributed by atoms with Gasteiger partial charge in [-0.2, -0.15) is 25.5 Å². The SMILES string of the molecule is COc1ccc(C(NCC2CC2)c2cccc(NC(=O)c3cc(C)nn3-c3cccc(CN)c3)c2)cc1.Cc1cc(C(=O)Nc2cccc(C(CCC3CC3)C3=CCC=C3)c2)n(-c2cccc(CN)c2)n1.Cc1cc(C(=O)Nc2cccc(C(NCC3CC3)c3cnn(C)c3)c2)n(-c2cccc(CN)c2)n1.Cc1cccc(C(NCC2CC2)c2cccc(NC(=O)c3cc(C)nn3-c3cccc(CN)c3)c2)c1. The number of ether oxygens (including phenoxy) is 1. The molecule has 4 amide bonds. The van der Waals surface area contributed by atoms with E-state index in [9.17, 15) is 19.2 Å². The summed E-state index contributed by atoms with van der Waals surface area (Å²) in [6.07, 6.45) is 24.7. The number of methoxy groups -OCH3 is 1. The third-order valence-electron chi connectivity index (χ3n) is 26.4. The fourth-order valence-corrected chi connectivity index (χ4v) is 18.1. The van der Waals surface area contributed by atoms with Crippen LogP contribution in [0.5, 0.6) is 5.75 Å². The van der Waals surface area contributed by atoms with Crippen LogP contribution in [-0.2, 0) is 33.2 Å². The second-order valence-corrected chi connectivity index (χ2v) is 38.0. The van der Waals surface area contributed by atoms with Crippen LogP contribution >= 0.6 is 0 Å². The summed E-state index contributed by atoms with van der Waals surface area (Å²) in [6, 6.07) is 87.6. The van der Waals surface area contributed by atoms with Crippen LogP contribution in [0.1, 0.15) is 226 Å². The van der Waals surface area contributed by atoms with Crippen LogP contribution in [0, 0.1) is 58.3 Å². The maximum Gasteiger partial charge on any atom is 0.274 e. The lowest BCUT2D eigenvalue weighted by molar-refractivity contribution is 0.101. The molecule has 4 atom stereocenters. The van der Waals surface area contributed by atoms with Crippen molar-refractivity contribution in [1.29, 1.82) is 0 Å². The predicted octanol–water partition coefficient (Wildman–Crippen LogP) is 20.0. The van der Waals surface area contributed by atoms with E-state index in [1.807, 2.05) is 228 Å². The summed E-state index contributed by atoms with van der Waals surface area (Å²) >= 11 is 0. The fraction of sp³-hybridized carbons (Fsp3) is 0.284. The average Bonchev–Trinajstić information content (AvgIpc) is 1.68. The third-order valence-corrected chi connectivity index (χ3v) is 26.4. The average molecular weight is 1900 g/mol. The monoisotopic (exact) mass is 1900 g/mol. The predicted molar refractivity (Wildman–Crippen MR) is 564 cm³/mol. The summed E-state index contributed by atoms with van der Waals surface area (Å²) in [7, 11) is 3.60. The van der Waals surface area contributed by atoms with Crippen LogP contribution in [-0.4, -0.2) is 99.3 Å². The molecule has 15 aromatic rings. The first-order valence-electron chi connectivity index (χ1n) is 49.5. The molecule has 15 N–H and O–H groups in total. The highest BCUT2D eigenvalue weighted by Crippen LogP contribution is 2.42. The molecule has 10 aromatic carbocycles. The highest BCUT2D eigenvalue weighted by atomic mass is 16.5. The van der Waals surface area contributed by atoms with E-state index in [1.54, 1.807) is 44.0 Å². The number of amides is 4. The number of benzene rings is 10. The van der Waals surface area contributed by atoms with Gasteiger partial charge in [-0.05, 0) is 330 Å². The van der Waals surface area contributed by atoms with Gasteiger partial charge in [0.1, 0.15) is 28.5 Å². The zero-order valence-electron chi connectivity index (χ0n) is 82.0. The number of anilines is 4. The normalized spacial score (nSPS) is 14.4. The Morgan fingerprint density at radius 3 is 1.03 bits per heavy atom. The number of carbonyl (C=O) groups excluding carboxylic acids is 4. The standard InChI is InChI=1S/C30H33N5O2.C30H33N5O.C29H32N4O.C27H31N7O/c1-20-15-28(35(34-20)26-8-3-5-22(16-26)18-31)30(36)33-25-7-4-6-24(17-25)29(32-19-21-9-10-21)23-11-13-27(37-2)14-12-23;1-20-6-3-8-24(14-20)29(32-19-22-12-13-22)25-9-5-10-26(17-25)33-30(36)28-15-21(2)34-35(28)27-11-4-7-23(16-27)18-31;1-20-16-28(33(32-20)26-11-4-6-22(17-26)19-30)29(34)31-25-10-5-9-24(18-25)27(15-14-21-12-13-21)23-7-2-3-8-23;1-18-11-25(34(32-18)24-8-3-5-20(12-24)14-28)27(35)31-23-7-4-6-21(13-23)26(29-15-19-9-10-19)22-16-30-33(2)17-22/h3-8,11-17,21,29,32H,9-10,18-19,31H2,1-2H3,(H,33,36);3-11,14-17,22,29,32H,12-13,18-19,31H2,1-2H3,(H,33,36);2,4-11,16-18,21,27H,3,12-15,19,30H2,1H3,(H,31,34);3-8,11-13,16-17,19,26,29H,9-10,14-15,28H2,1-2H3,(H,31,35). The van der Waals surface area contributed by atoms with Crippen molar-refractivity contribution in [2.24, 2.45) is 53.7 Å². The molecule has 5 aromatic heterocycles. The van der Waals surface area contributed by atoms with E-state index < -0.39 is 0 Å². The molecule has 0 spiro atoms. The number of nitrogens with zero attached hydrogens (tertiary/aromatic N) is 10. The first-order chi connectivity index (χ1) is 69.1. The quantitative estimate of drug-likeness (QED) is 0.0172. The second kappa shape index (κ2) is 46.5. The van der Waals surface area contributed by atoms with E-state index >= 15 is 0 Å². The zero-order valence-corrected chi connectivity index (χ0v) is 82.0. The molecule has 4 fully saturated rings. The zero-order chi connectivity index (χ0) is 98.7. The van der Waals surface area contributed by atoms with Crippen molar-refractivity contribution in [2.45, 2.75) is 155 Å². The van der Waals surface area contributed by atoms with E-state index in [0.717, 1.165) is 180 Å². The first kappa shape index (κ1) is 98.7. The van der Waals surface area contributed by atoms with E-state index in [0.29, 0.717) is 54.9 Å². The number of hydrogen-bond acceptors (Lipinski definition) is 17. The Hall–Kier alpha value is -14.9. The molecule has 4 unspecified atom stereocenters. The lowest BCUT2D eigenvalue weighted by Crippen LogP contribution is -2.25. The Kier molecular flexibility index (Phi) is 32.3. The fourth-order valence-electron chi connectivity index (χ4n) is 18.1. The van der Waals surface area contributed by atoms with Crippen molar-refractivity contribution in [3.05, 3.63) is 415 Å². The number of nitrogens with two attached hydrogens (primary N) is 4. The molecule has 0 saturated heterocycles. The van der Waals surface area contributed by atoms with Crippen molar-refractivity contribution in [3.63, 3.8) is 0 Å². The molecule has 728 valence electrons. The van der Waals surface area contributed by atoms with Crippen molar-refractivity contribution in [2.75, 3.05) is 48.0 Å². The molecule has 5 aliphatic rings. The van der Waals surface area contributed by atoms with Crippen molar-refractivity contribution in [1.82, 2.24) is 64.9 Å². The molecular formula is C116H129N21O5. The van der Waals surface area contributed by atoms with Crippen LogP contribution in [0.2, 0.25) is 0 Å². The number of nitrogens with one attached hydrogen (secondary N) is 7. The molecule has 0 bridgehead atoms. The molecule has 26 nitrogen and oxygen atoms in total. The molecule has 0 radical (unpaired) electrons. The Balaban J connectivity index is 0.000000130. The van der Waals surface area contributed by atoms with Crippen molar-refractivity contribution < 1.29 is 23.9 Å². The number of aryl methyl sites for hydroxylation is 6. The summed E-state index contributed by atoms with van der Waals surface area (Å²) in [5.41, 5.74) is 49.2. The van der Waals surface area contributed by atoms with Crippen molar-refractivity contribution >= 4 is 46.4 Å². The van der Waals surface area contributed by atoms with Crippen LogP contribution < -0.4 is 64.9 Å². The first-order valence-corrected chi connectivity index (χ1v) is 49.5. The summed E-state index contributed by atoms with van der Waals surface area (Å²) in [6.45, 7) is 14.3. The van der Waals surface area contributed by atoms with Gasteiger partial charge in [0.25, 0.3) is 23.6 Å². The molecule has 26 heteroatoms. The molecular weight excluding hydrogens is 1770 g/mol. The third kappa shape index (κ3) is 26.2. The molecule has 20 rings (SSSR count). The summed E-state index contributed by atoms with van der Waals surface area (Å²) in [5.74, 6) is 3.54. The minimum atomic E-state index is -0.220. The van der Waals surface area contributed by atoms with Gasteiger partial charge in [0, 0.05) is 73.7 Å². The highest BCUT2D eigenvalue weighted by molar-refractivity contribution is 6.06. The van der Waals surface area contributed by atoms with E-state index in [-0.39, 0.29) is 41.8 Å². The maximum atomic E-state index is 13.4. The topological polar surface area (TPSA) is 355 Å². The van der Waals surface area contributed by atoms with E-state index in [4.69, 9.17) is 27.7 Å². The van der Waals surface area contributed by atoms with Gasteiger partial charge in [-0.25, -0.2) is 18.7 Å². The Labute approximate surface area is 831 Å². The number of hydrogen-bond donors (Lipinski definition) is 11. The molecule has 4 saturated carbocycles. The van der Waals surface area contributed by atoms with Crippen LogP contribution in [0.3, 0.4) is 0 Å². The Morgan fingerprint density at radius 1 is 0.373 bits per heavy atom. The molecule has 142 heavy (non-hydrogen) atoms. The lowest BCUT2D eigenvalue weighted by Gasteiger charge is -2.21. The Bertz CT molecular complexity index is 6980. The van der Waals surface area contributed by atoms with Gasteiger partial charge in [-0.1, -0.05) is 170 Å². The largest absolute Gasteiger partial charge is 0.497 e. The van der Waals surface area contributed by atoms with Crippen LogP contribution in [0.4, 0.5) is 22.7 Å². The smallest absolute Gasteiger partial charge is 0.274 e. The van der Waals surface area contributed by atoms with Gasteiger partial charge >= 0.3 is 0 Å². The van der Waals surface area contributed by atoms with E-state index in [1.165, 1.54) is 80.1 Å². The van der Waals surface area contributed by atoms with Gasteiger partial charge < -0.3 is 64.9 Å². The number of aromatic nitrogens is 10. The summed E-state index contributed by atoms with van der Waals surface area (Å²) < 4.78 is 13.9. The minimum absolute atomic E-state index is 0.00734. The summed E-state index contributed by atoms with van der Waals surface area (Å²) in [5, 5.41) is 46.1. The maximum absolute atomic E-state index is 13.4. The van der Waals surface area contributed by atoms with E-state index in [2.05, 4.69) is 161 Å². The van der Waals surface area contributed by atoms with Crippen LogP contribution in [0.15, 0.2) is 303 Å². The van der Waals surface area contributed by atoms with Gasteiger partial charge in [-0.15, -0.1) is 0 Å². The molecule has 5 heterocycles. The van der Waals surface area contributed by atoms with Gasteiger partial charge in [0.15, 0.2) is 0 Å². The number of carbonyl (C=O) groups is 4.